The lowest BCUT2D eigenvalue weighted by atomic mass is 9.78. The van der Waals surface area contributed by atoms with E-state index in [9.17, 15) is 0 Å². The smallest absolute Gasteiger partial charge is 0.227 e. The largest absolute Gasteiger partial charge is 0.468 e. The average molecular weight is 361 g/mol. The number of nitrogens with one attached hydrogen (secondary N) is 1. The summed E-state index contributed by atoms with van der Waals surface area (Å²) in [6.45, 7) is 25.4. The first-order chi connectivity index (χ1) is 11.5. The van der Waals surface area contributed by atoms with Crippen LogP contribution in [0, 0.1) is 0 Å². The van der Waals surface area contributed by atoms with Crippen LogP contribution in [0.3, 0.4) is 0 Å². The lowest BCUT2D eigenvalue weighted by molar-refractivity contribution is -0.768. The zero-order valence-electron chi connectivity index (χ0n) is 18.7. The fraction of sp³-hybridized carbons (Fsp3) is 0.727. The van der Waals surface area contributed by atoms with Crippen molar-refractivity contribution >= 4 is 0 Å². The third-order valence-electron chi connectivity index (χ3n) is 4.83. The number of furan rings is 1. The van der Waals surface area contributed by atoms with Gasteiger partial charge in [0.2, 0.25) is 5.69 Å². The van der Waals surface area contributed by atoms with Crippen LogP contribution in [0.4, 0.5) is 0 Å². The minimum Gasteiger partial charge on any atom is -0.468 e. The molecule has 0 fully saturated rings. The zero-order valence-corrected chi connectivity index (χ0v) is 18.7. The van der Waals surface area contributed by atoms with Crippen molar-refractivity contribution < 1.29 is 9.10 Å². The number of rotatable bonds is 3. The maximum absolute atomic E-state index is 5.88. The van der Waals surface area contributed by atoms with E-state index in [1.54, 1.807) is 0 Å². The number of H-pyrrole nitrogens is 1. The molecule has 0 bridgehead atoms. The number of nitrogens with zero attached hydrogens (tertiary/aromatic N) is 2. The predicted octanol–water partition coefficient (Wildman–Crippen LogP) is 5.16. The normalized spacial score (nSPS) is 14.1. The predicted molar refractivity (Wildman–Crippen MR) is 107 cm³/mol. The van der Waals surface area contributed by atoms with Gasteiger partial charge in [-0.05, 0) is 6.07 Å². The minimum absolute atomic E-state index is 0.000711. The second-order valence-corrected chi connectivity index (χ2v) is 11.3. The second kappa shape index (κ2) is 6.24. The van der Waals surface area contributed by atoms with Gasteiger partial charge in [0.15, 0.2) is 5.69 Å². The maximum Gasteiger partial charge on any atom is 0.227 e. The lowest BCUT2D eigenvalue weighted by Crippen LogP contribution is -2.51. The molecule has 2 aromatic heterocycles. The molecule has 0 saturated carbocycles. The second-order valence-electron chi connectivity index (χ2n) is 11.3. The molecule has 2 heterocycles. The summed E-state index contributed by atoms with van der Waals surface area (Å²) in [4.78, 5) is 0. The Kier molecular flexibility index (Phi) is 4.98. The first-order valence-electron chi connectivity index (χ1n) is 9.63. The number of hydrogen-bond donors (Lipinski definition) is 1. The summed E-state index contributed by atoms with van der Waals surface area (Å²) in [5.41, 5.74) is 3.60. The molecule has 0 aliphatic carbocycles. The Hall–Kier alpha value is -1.58. The van der Waals surface area contributed by atoms with Gasteiger partial charge in [0, 0.05) is 32.3 Å². The molecule has 0 amide bonds. The van der Waals surface area contributed by atoms with Crippen molar-refractivity contribution in [1.29, 1.82) is 0 Å². The van der Waals surface area contributed by atoms with Crippen LogP contribution in [0.15, 0.2) is 16.7 Å². The molecule has 0 aliphatic rings. The summed E-state index contributed by atoms with van der Waals surface area (Å²) >= 11 is 0. The zero-order chi connectivity index (χ0) is 20.1. The van der Waals surface area contributed by atoms with E-state index in [-0.39, 0.29) is 21.7 Å². The highest BCUT2D eigenvalue weighted by molar-refractivity contribution is 5.30. The first kappa shape index (κ1) is 20.7. The molecular weight excluding hydrogens is 322 g/mol. The summed E-state index contributed by atoms with van der Waals surface area (Å²) in [5, 5.41) is 8.00. The van der Waals surface area contributed by atoms with Crippen molar-refractivity contribution in [3.63, 3.8) is 0 Å². The Morgan fingerprint density at radius 1 is 0.885 bits per heavy atom. The van der Waals surface area contributed by atoms with Crippen LogP contribution in [-0.2, 0) is 28.2 Å². The molecule has 2 aromatic rings. The topological polar surface area (TPSA) is 45.7 Å². The monoisotopic (exact) mass is 360 g/mol. The van der Waals surface area contributed by atoms with Crippen molar-refractivity contribution in [2.24, 2.45) is 0 Å². The first-order valence-corrected chi connectivity index (χ1v) is 9.63. The molecule has 0 aliphatic heterocycles. The van der Waals surface area contributed by atoms with Crippen LogP contribution in [0.5, 0.6) is 0 Å². The van der Waals surface area contributed by atoms with Crippen molar-refractivity contribution in [1.82, 2.24) is 10.3 Å². The summed E-state index contributed by atoms with van der Waals surface area (Å²) in [5.74, 6) is 1.07. The van der Waals surface area contributed by atoms with Crippen LogP contribution in [0.2, 0.25) is 0 Å². The van der Waals surface area contributed by atoms with Crippen LogP contribution >= 0.6 is 0 Å². The number of aromatic amines is 1. The highest BCUT2D eigenvalue weighted by atomic mass is 16.3. The molecule has 2 rings (SSSR count). The Labute approximate surface area is 159 Å². The number of hydrogen-bond acceptors (Lipinski definition) is 2. The van der Waals surface area contributed by atoms with Gasteiger partial charge >= 0.3 is 0 Å². The van der Waals surface area contributed by atoms with Crippen LogP contribution in [0.1, 0.15) is 98.9 Å². The molecular formula is C22H38N3O+. The van der Waals surface area contributed by atoms with Gasteiger partial charge in [0.05, 0.1) is 6.26 Å². The van der Waals surface area contributed by atoms with Crippen molar-refractivity contribution in [3.8, 4) is 0 Å². The summed E-state index contributed by atoms with van der Waals surface area (Å²) < 4.78 is 8.11. The van der Waals surface area contributed by atoms with Gasteiger partial charge in [0.1, 0.15) is 12.3 Å². The van der Waals surface area contributed by atoms with Crippen molar-refractivity contribution in [2.75, 3.05) is 0 Å². The third-order valence-corrected chi connectivity index (χ3v) is 4.83. The molecule has 0 atom stereocenters. The third kappa shape index (κ3) is 4.05. The molecule has 146 valence electrons. The summed E-state index contributed by atoms with van der Waals surface area (Å²) in [6, 6.07) is 2.12. The Morgan fingerprint density at radius 2 is 1.46 bits per heavy atom. The van der Waals surface area contributed by atoms with Gasteiger partial charge in [-0.2, -0.15) is 4.68 Å². The quantitative estimate of drug-likeness (QED) is 0.768. The number of aromatic nitrogens is 3. The average Bonchev–Trinajstić information content (AvgIpc) is 3.00. The molecule has 4 heteroatoms. The fourth-order valence-electron chi connectivity index (χ4n) is 3.64. The SMILES string of the molecule is CC(C)(C)c1n[nH][n+](CC(C)(C)c2ccoc2C(C)(C)C)c1C(C)(C)C. The van der Waals surface area contributed by atoms with E-state index in [2.05, 4.69) is 92.1 Å². The van der Waals surface area contributed by atoms with Crippen LogP contribution in [0.25, 0.3) is 0 Å². The molecule has 0 spiro atoms. The van der Waals surface area contributed by atoms with Crippen LogP contribution in [-0.4, -0.2) is 10.3 Å². The molecule has 1 N–H and O–H groups in total. The van der Waals surface area contributed by atoms with Crippen molar-refractivity contribution in [3.05, 3.63) is 35.0 Å². The highest BCUT2D eigenvalue weighted by Crippen LogP contribution is 2.36. The van der Waals surface area contributed by atoms with Gasteiger partial charge in [0.25, 0.3) is 0 Å². The van der Waals surface area contributed by atoms with E-state index in [1.165, 1.54) is 11.3 Å². The van der Waals surface area contributed by atoms with Gasteiger partial charge in [-0.25, -0.2) is 0 Å². The van der Waals surface area contributed by atoms with Gasteiger partial charge in [-0.1, -0.05) is 81.4 Å². The van der Waals surface area contributed by atoms with Gasteiger partial charge in [-0.15, -0.1) is 0 Å². The molecule has 0 saturated heterocycles. The van der Waals surface area contributed by atoms with E-state index in [0.29, 0.717) is 0 Å². The molecule has 0 aromatic carbocycles. The summed E-state index contributed by atoms with van der Waals surface area (Å²) in [6.07, 6.45) is 1.82. The fourth-order valence-corrected chi connectivity index (χ4v) is 3.64. The van der Waals surface area contributed by atoms with Crippen LogP contribution < -0.4 is 4.68 Å². The Bertz CT molecular complexity index is 759. The highest BCUT2D eigenvalue weighted by Gasteiger charge is 2.41. The molecule has 26 heavy (non-hydrogen) atoms. The van der Waals surface area contributed by atoms with Gasteiger partial charge in [-0.3, -0.25) is 0 Å². The lowest BCUT2D eigenvalue weighted by Gasteiger charge is -2.28. The minimum atomic E-state index is -0.0814. The van der Waals surface area contributed by atoms with E-state index in [1.807, 2.05) is 6.26 Å². The van der Waals surface area contributed by atoms with E-state index >= 15 is 0 Å². The van der Waals surface area contributed by atoms with E-state index in [4.69, 9.17) is 9.52 Å². The molecule has 0 radical (unpaired) electrons. The Morgan fingerprint density at radius 3 is 1.92 bits per heavy atom. The maximum atomic E-state index is 5.88. The van der Waals surface area contributed by atoms with Crippen molar-refractivity contribution in [2.45, 2.75) is 104 Å². The van der Waals surface area contributed by atoms with Gasteiger partial charge < -0.3 is 4.42 Å². The van der Waals surface area contributed by atoms with E-state index < -0.39 is 0 Å². The molecule has 4 nitrogen and oxygen atoms in total. The Balaban J connectivity index is 2.52. The summed E-state index contributed by atoms with van der Waals surface area (Å²) in [7, 11) is 0. The molecule has 0 unspecified atom stereocenters. The standard InChI is InChI=1S/C22H37N3O/c1-19(2,3)16-17(20(4,5)6)25(24-23-16)14-22(10,11)15-12-13-26-18(15)21(7,8)9/h12-13H,14H2,1-11H3/p+1. The van der Waals surface area contributed by atoms with E-state index in [0.717, 1.165) is 18.0 Å².